The van der Waals surface area contributed by atoms with Crippen LogP contribution in [-0.4, -0.2) is 16.3 Å². The molecule has 0 bridgehead atoms. The summed E-state index contributed by atoms with van der Waals surface area (Å²) in [5, 5.41) is 0.707. The molecule has 22 heavy (non-hydrogen) atoms. The van der Waals surface area contributed by atoms with Crippen LogP contribution in [0.3, 0.4) is 0 Å². The monoisotopic (exact) mass is 377 g/mol. The zero-order valence-corrected chi connectivity index (χ0v) is 13.9. The standard InChI is InChI=1S/C15H15BrF3NO2/c1-14(2,3)22-13(21)20-8-9(7-16)11-6-10(15(17,18)19)4-5-12(11)20/h4-6,8H,7H2,1-3H3. The number of alkyl halides is 4. The number of hydrogen-bond donors (Lipinski definition) is 0. The van der Waals surface area contributed by atoms with Gasteiger partial charge in [0.2, 0.25) is 0 Å². The second kappa shape index (κ2) is 5.61. The van der Waals surface area contributed by atoms with Gasteiger partial charge in [-0.15, -0.1) is 0 Å². The Hall–Kier alpha value is -1.50. The van der Waals surface area contributed by atoms with E-state index in [9.17, 15) is 18.0 Å². The molecule has 0 saturated carbocycles. The van der Waals surface area contributed by atoms with Crippen molar-refractivity contribution in [3.8, 4) is 0 Å². The molecule has 0 unspecified atom stereocenters. The van der Waals surface area contributed by atoms with Crippen LogP contribution < -0.4 is 0 Å². The highest BCUT2D eigenvalue weighted by Gasteiger charge is 2.31. The van der Waals surface area contributed by atoms with Crippen molar-refractivity contribution >= 4 is 32.9 Å². The van der Waals surface area contributed by atoms with Crippen LogP contribution in [0.4, 0.5) is 18.0 Å². The Bertz CT molecular complexity index is 714. The third kappa shape index (κ3) is 3.45. The van der Waals surface area contributed by atoms with E-state index in [0.717, 1.165) is 12.1 Å². The number of carbonyl (C=O) groups is 1. The number of halogens is 4. The molecule has 7 heteroatoms. The van der Waals surface area contributed by atoms with Crippen LogP contribution in [0.5, 0.6) is 0 Å². The van der Waals surface area contributed by atoms with E-state index in [0.29, 0.717) is 21.8 Å². The maximum atomic E-state index is 12.8. The topological polar surface area (TPSA) is 31.2 Å². The van der Waals surface area contributed by atoms with E-state index >= 15 is 0 Å². The first-order valence-corrected chi connectivity index (χ1v) is 7.65. The van der Waals surface area contributed by atoms with Crippen LogP contribution >= 0.6 is 15.9 Å². The number of rotatable bonds is 1. The average molecular weight is 378 g/mol. The lowest BCUT2D eigenvalue weighted by atomic mass is 10.1. The van der Waals surface area contributed by atoms with E-state index in [1.54, 1.807) is 20.8 Å². The molecule has 120 valence electrons. The van der Waals surface area contributed by atoms with Crippen LogP contribution in [0.2, 0.25) is 0 Å². The molecule has 0 aliphatic heterocycles. The first-order valence-electron chi connectivity index (χ1n) is 6.53. The first kappa shape index (κ1) is 16.9. The second-order valence-electron chi connectivity index (χ2n) is 5.87. The van der Waals surface area contributed by atoms with E-state index in [-0.39, 0.29) is 0 Å². The fourth-order valence-electron chi connectivity index (χ4n) is 2.04. The Balaban J connectivity index is 2.56. The van der Waals surface area contributed by atoms with Gasteiger partial charge in [-0.1, -0.05) is 15.9 Å². The molecule has 0 aliphatic rings. The average Bonchev–Trinajstić information content (AvgIpc) is 2.73. The predicted octanol–water partition coefficient (Wildman–Crippen LogP) is 5.34. The van der Waals surface area contributed by atoms with Crippen molar-refractivity contribution in [2.45, 2.75) is 37.9 Å². The van der Waals surface area contributed by atoms with Gasteiger partial charge in [0, 0.05) is 16.9 Å². The van der Waals surface area contributed by atoms with Crippen LogP contribution in [-0.2, 0) is 16.2 Å². The summed E-state index contributed by atoms with van der Waals surface area (Å²) in [4.78, 5) is 12.2. The summed E-state index contributed by atoms with van der Waals surface area (Å²) < 4.78 is 45.0. The number of fused-ring (bicyclic) bond motifs is 1. The lowest BCUT2D eigenvalue weighted by Gasteiger charge is -2.19. The van der Waals surface area contributed by atoms with Crippen LogP contribution in [0, 0.1) is 0 Å². The van der Waals surface area contributed by atoms with Gasteiger partial charge in [-0.05, 0) is 44.5 Å². The summed E-state index contributed by atoms with van der Waals surface area (Å²) in [6.45, 7) is 5.18. The number of hydrogen-bond acceptors (Lipinski definition) is 2. The van der Waals surface area contributed by atoms with Crippen molar-refractivity contribution < 1.29 is 22.7 Å². The minimum absolute atomic E-state index is 0.334. The third-order valence-corrected chi connectivity index (χ3v) is 3.55. The van der Waals surface area contributed by atoms with Crippen molar-refractivity contribution in [1.29, 1.82) is 0 Å². The van der Waals surface area contributed by atoms with Crippen molar-refractivity contribution in [3.05, 3.63) is 35.5 Å². The molecule has 0 radical (unpaired) electrons. The number of ether oxygens (including phenoxy) is 1. The molecule has 2 rings (SSSR count). The molecule has 0 spiro atoms. The first-order chi connectivity index (χ1) is 10.0. The summed E-state index contributed by atoms with van der Waals surface area (Å²) >= 11 is 3.23. The van der Waals surface area contributed by atoms with Gasteiger partial charge in [0.25, 0.3) is 0 Å². The normalized spacial score (nSPS) is 12.7. The SMILES string of the molecule is CC(C)(C)OC(=O)n1cc(CBr)c2cc(C(F)(F)F)ccc21. The molecule has 0 atom stereocenters. The smallest absolute Gasteiger partial charge is 0.419 e. The van der Waals surface area contributed by atoms with Gasteiger partial charge in [0.1, 0.15) is 5.60 Å². The minimum atomic E-state index is -4.42. The van der Waals surface area contributed by atoms with Crippen LogP contribution in [0.25, 0.3) is 10.9 Å². The van der Waals surface area contributed by atoms with Crippen LogP contribution in [0.1, 0.15) is 31.9 Å². The summed E-state index contributed by atoms with van der Waals surface area (Å²) in [6.07, 6.45) is -3.55. The largest absolute Gasteiger partial charge is 0.443 e. The molecule has 2 aromatic rings. The molecule has 0 saturated heterocycles. The molecule has 0 aliphatic carbocycles. The fraction of sp³-hybridized carbons (Fsp3) is 0.400. The molecule has 1 aromatic carbocycles. The Morgan fingerprint density at radius 1 is 1.27 bits per heavy atom. The van der Waals surface area contributed by atoms with Gasteiger partial charge in [-0.25, -0.2) is 4.79 Å². The molecular formula is C15H15BrF3NO2. The van der Waals surface area contributed by atoms with E-state index in [1.807, 2.05) is 0 Å². The number of carbonyl (C=O) groups excluding carboxylic acids is 1. The van der Waals surface area contributed by atoms with E-state index < -0.39 is 23.4 Å². The summed E-state index contributed by atoms with van der Waals surface area (Å²) in [5.41, 5.74) is -0.457. The summed E-state index contributed by atoms with van der Waals surface area (Å²) in [6, 6.07) is 3.29. The molecule has 3 nitrogen and oxygen atoms in total. The van der Waals surface area contributed by atoms with Gasteiger partial charge in [-0.3, -0.25) is 4.57 Å². The Labute approximate surface area is 134 Å². The molecule has 1 aromatic heterocycles. The van der Waals surface area contributed by atoms with Crippen molar-refractivity contribution in [2.75, 3.05) is 0 Å². The fourth-order valence-corrected chi connectivity index (χ4v) is 2.49. The van der Waals surface area contributed by atoms with E-state index in [2.05, 4.69) is 15.9 Å². The number of nitrogens with zero attached hydrogens (tertiary/aromatic N) is 1. The second-order valence-corrected chi connectivity index (χ2v) is 6.43. The lowest BCUT2D eigenvalue weighted by molar-refractivity contribution is -0.137. The van der Waals surface area contributed by atoms with Crippen molar-refractivity contribution in [2.24, 2.45) is 0 Å². The van der Waals surface area contributed by atoms with E-state index in [1.165, 1.54) is 16.8 Å². The van der Waals surface area contributed by atoms with Gasteiger partial charge in [-0.2, -0.15) is 13.2 Å². The van der Waals surface area contributed by atoms with E-state index in [4.69, 9.17) is 4.74 Å². The zero-order chi connectivity index (χ0) is 16.7. The lowest BCUT2D eigenvalue weighted by Crippen LogP contribution is -2.26. The maximum absolute atomic E-state index is 12.8. The van der Waals surface area contributed by atoms with Crippen molar-refractivity contribution in [3.63, 3.8) is 0 Å². The quantitative estimate of drug-likeness (QED) is 0.628. The number of benzene rings is 1. The van der Waals surface area contributed by atoms with Gasteiger partial charge in [0.15, 0.2) is 0 Å². The zero-order valence-electron chi connectivity index (χ0n) is 12.3. The highest BCUT2D eigenvalue weighted by atomic mass is 79.9. The van der Waals surface area contributed by atoms with Crippen LogP contribution in [0.15, 0.2) is 24.4 Å². The molecule has 1 heterocycles. The third-order valence-electron chi connectivity index (χ3n) is 2.95. The molecule has 0 amide bonds. The Kier molecular flexibility index (Phi) is 4.30. The van der Waals surface area contributed by atoms with Gasteiger partial charge < -0.3 is 4.74 Å². The number of aromatic nitrogens is 1. The highest BCUT2D eigenvalue weighted by Crippen LogP contribution is 2.33. The van der Waals surface area contributed by atoms with Gasteiger partial charge >= 0.3 is 12.3 Å². The minimum Gasteiger partial charge on any atom is -0.443 e. The molecule has 0 fully saturated rings. The molecule has 0 N–H and O–H groups in total. The Morgan fingerprint density at radius 3 is 2.41 bits per heavy atom. The highest BCUT2D eigenvalue weighted by molar-refractivity contribution is 9.08. The van der Waals surface area contributed by atoms with Crippen molar-refractivity contribution in [1.82, 2.24) is 4.57 Å². The Morgan fingerprint density at radius 2 is 1.91 bits per heavy atom. The maximum Gasteiger partial charge on any atom is 0.419 e. The summed E-state index contributed by atoms with van der Waals surface area (Å²) in [7, 11) is 0. The summed E-state index contributed by atoms with van der Waals surface area (Å²) in [5.74, 6) is 0. The molecular weight excluding hydrogens is 363 g/mol. The predicted molar refractivity (Wildman–Crippen MR) is 81.2 cm³/mol. The van der Waals surface area contributed by atoms with Gasteiger partial charge in [0.05, 0.1) is 11.1 Å².